The molecule has 2 atom stereocenters. The Bertz CT molecular complexity index is 985. The zero-order chi connectivity index (χ0) is 21.1. The topological polar surface area (TPSA) is 50.5 Å². The molecule has 1 aliphatic heterocycles. The largest absolute Gasteiger partial charge is 0.494 e. The summed E-state index contributed by atoms with van der Waals surface area (Å²) in [4.78, 5) is 6.79. The molecule has 0 spiro atoms. The second-order valence-corrected chi connectivity index (χ2v) is 8.22. The smallest absolute Gasteiger partial charge is 0.170 e. The highest BCUT2D eigenvalue weighted by molar-refractivity contribution is 7.80. The van der Waals surface area contributed by atoms with E-state index in [0.717, 1.165) is 40.2 Å². The maximum Gasteiger partial charge on any atom is 0.170 e. The maximum atomic E-state index is 6.36. The van der Waals surface area contributed by atoms with Crippen LogP contribution in [0.3, 0.4) is 0 Å². The number of pyridine rings is 1. The number of nitrogens with zero attached hydrogens (tertiary/aromatic N) is 2. The minimum Gasteiger partial charge on any atom is -0.494 e. The van der Waals surface area contributed by atoms with E-state index in [0.29, 0.717) is 12.5 Å². The first-order valence-corrected chi connectivity index (χ1v) is 10.8. The zero-order valence-corrected chi connectivity index (χ0v) is 18.4. The second kappa shape index (κ2) is 8.88. The Morgan fingerprint density at radius 1 is 1.13 bits per heavy atom. The Labute approximate surface area is 183 Å². The van der Waals surface area contributed by atoms with E-state index in [1.807, 2.05) is 61.7 Å². The van der Waals surface area contributed by atoms with Crippen molar-refractivity contribution < 1.29 is 9.15 Å². The molecule has 30 heavy (non-hydrogen) atoms. The van der Waals surface area contributed by atoms with Crippen molar-refractivity contribution in [1.82, 2.24) is 15.2 Å². The lowest BCUT2D eigenvalue weighted by Gasteiger charge is -2.27. The van der Waals surface area contributed by atoms with E-state index in [4.69, 9.17) is 21.4 Å². The van der Waals surface area contributed by atoms with E-state index < -0.39 is 0 Å². The van der Waals surface area contributed by atoms with Gasteiger partial charge in [-0.1, -0.05) is 19.9 Å². The Morgan fingerprint density at radius 2 is 1.93 bits per heavy atom. The van der Waals surface area contributed by atoms with Gasteiger partial charge in [0.2, 0.25) is 0 Å². The number of ether oxygens (including phenoxy) is 1. The summed E-state index contributed by atoms with van der Waals surface area (Å²) in [5.41, 5.74) is 1.97. The van der Waals surface area contributed by atoms with Crippen LogP contribution in [0.15, 0.2) is 65.2 Å². The average molecular weight is 422 g/mol. The van der Waals surface area contributed by atoms with Crippen LogP contribution >= 0.6 is 12.2 Å². The van der Waals surface area contributed by atoms with Gasteiger partial charge in [-0.25, -0.2) is 0 Å². The molecule has 0 unspecified atom stereocenters. The molecule has 1 aliphatic rings. The lowest BCUT2D eigenvalue weighted by molar-refractivity contribution is 0.253. The van der Waals surface area contributed by atoms with Crippen LogP contribution in [0.4, 0.5) is 0 Å². The molecule has 0 amide bonds. The Hall–Kier alpha value is -2.86. The molecule has 0 saturated carbocycles. The molecule has 1 aromatic carbocycles. The normalized spacial score (nSPS) is 18.7. The molecule has 156 valence electrons. The highest BCUT2D eigenvalue weighted by Crippen LogP contribution is 2.40. The molecule has 4 rings (SSSR count). The van der Waals surface area contributed by atoms with Crippen molar-refractivity contribution >= 4 is 17.3 Å². The predicted octanol–water partition coefficient (Wildman–Crippen LogP) is 5.37. The van der Waals surface area contributed by atoms with Crippen LogP contribution in [0.2, 0.25) is 0 Å². The molecule has 5 nitrogen and oxygen atoms in total. The molecule has 3 heterocycles. The second-order valence-electron chi connectivity index (χ2n) is 7.83. The molecule has 1 N–H and O–H groups in total. The Balaban J connectivity index is 1.67. The summed E-state index contributed by atoms with van der Waals surface area (Å²) in [5.74, 6) is 3.03. The Kier molecular flexibility index (Phi) is 6.04. The number of nitrogens with one attached hydrogen (secondary N) is 1. The first-order valence-electron chi connectivity index (χ1n) is 10.4. The first kappa shape index (κ1) is 20.4. The molecule has 2 aromatic heterocycles. The average Bonchev–Trinajstić information content (AvgIpc) is 3.34. The number of hydrogen-bond acceptors (Lipinski definition) is 4. The van der Waals surface area contributed by atoms with Gasteiger partial charge >= 0.3 is 0 Å². The van der Waals surface area contributed by atoms with Gasteiger partial charge in [-0.3, -0.25) is 4.98 Å². The van der Waals surface area contributed by atoms with Gasteiger partial charge < -0.3 is 19.4 Å². The predicted molar refractivity (Wildman–Crippen MR) is 122 cm³/mol. The van der Waals surface area contributed by atoms with Crippen LogP contribution in [0.25, 0.3) is 11.3 Å². The zero-order valence-electron chi connectivity index (χ0n) is 17.5. The minimum atomic E-state index is -0.0585. The van der Waals surface area contributed by atoms with E-state index in [2.05, 4.69) is 35.1 Å². The number of benzene rings is 1. The number of aromatic nitrogens is 1. The van der Waals surface area contributed by atoms with Crippen LogP contribution < -0.4 is 10.1 Å². The minimum absolute atomic E-state index is 0.0498. The van der Waals surface area contributed by atoms with Crippen molar-refractivity contribution in [1.29, 1.82) is 0 Å². The molecular formula is C24H27N3O2S. The molecule has 1 saturated heterocycles. The van der Waals surface area contributed by atoms with Crippen molar-refractivity contribution in [2.24, 2.45) is 5.92 Å². The summed E-state index contributed by atoms with van der Waals surface area (Å²) in [6, 6.07) is 17.9. The van der Waals surface area contributed by atoms with Gasteiger partial charge in [-0.15, -0.1) is 0 Å². The summed E-state index contributed by atoms with van der Waals surface area (Å²) >= 11 is 5.68. The van der Waals surface area contributed by atoms with Crippen LogP contribution in [0.5, 0.6) is 5.75 Å². The fourth-order valence-electron chi connectivity index (χ4n) is 3.85. The lowest BCUT2D eigenvalue weighted by atomic mass is 10.0. The summed E-state index contributed by atoms with van der Waals surface area (Å²) in [7, 11) is 0. The number of thiocarbonyl (C=S) groups is 1. The number of hydrogen-bond donors (Lipinski definition) is 1. The van der Waals surface area contributed by atoms with E-state index in [9.17, 15) is 0 Å². The van der Waals surface area contributed by atoms with Crippen LogP contribution in [0, 0.1) is 5.92 Å². The van der Waals surface area contributed by atoms with E-state index >= 15 is 0 Å². The molecule has 0 bridgehead atoms. The van der Waals surface area contributed by atoms with E-state index in [-0.39, 0.29) is 12.1 Å². The molecular weight excluding hydrogens is 394 g/mol. The van der Waals surface area contributed by atoms with Crippen LogP contribution in [0.1, 0.15) is 44.3 Å². The number of furan rings is 1. The van der Waals surface area contributed by atoms with Gasteiger partial charge in [0.15, 0.2) is 5.11 Å². The van der Waals surface area contributed by atoms with Gasteiger partial charge in [-0.05, 0) is 73.6 Å². The highest BCUT2D eigenvalue weighted by atomic mass is 32.1. The van der Waals surface area contributed by atoms with Gasteiger partial charge in [0.05, 0.1) is 18.3 Å². The SMILES string of the molecule is CCOc1ccc(-c2ccc([C@@H]3[C@H](c4ccccn4)NC(=S)N3CC(C)C)o2)cc1. The summed E-state index contributed by atoms with van der Waals surface area (Å²) in [5, 5.41) is 4.20. The highest BCUT2D eigenvalue weighted by Gasteiger charge is 2.41. The van der Waals surface area contributed by atoms with Crippen molar-refractivity contribution in [2.75, 3.05) is 13.2 Å². The van der Waals surface area contributed by atoms with Gasteiger partial charge in [0, 0.05) is 18.3 Å². The summed E-state index contributed by atoms with van der Waals surface area (Å²) in [6.07, 6.45) is 1.82. The maximum absolute atomic E-state index is 6.36. The summed E-state index contributed by atoms with van der Waals surface area (Å²) < 4.78 is 11.9. The molecule has 3 aromatic rings. The molecule has 6 heteroatoms. The first-order chi connectivity index (χ1) is 14.6. The fraction of sp³-hybridized carbons (Fsp3) is 0.333. The van der Waals surface area contributed by atoms with Gasteiger partial charge in [0.1, 0.15) is 23.3 Å². The van der Waals surface area contributed by atoms with E-state index in [1.165, 1.54) is 0 Å². The fourth-order valence-corrected chi connectivity index (χ4v) is 4.17. The molecule has 1 fully saturated rings. The third-order valence-electron chi connectivity index (χ3n) is 5.13. The molecule has 0 aliphatic carbocycles. The van der Waals surface area contributed by atoms with Crippen molar-refractivity contribution in [3.05, 3.63) is 72.2 Å². The van der Waals surface area contributed by atoms with Crippen LogP contribution in [-0.2, 0) is 0 Å². The Morgan fingerprint density at radius 3 is 2.60 bits per heavy atom. The van der Waals surface area contributed by atoms with Crippen molar-refractivity contribution in [3.63, 3.8) is 0 Å². The third kappa shape index (κ3) is 4.19. The summed E-state index contributed by atoms with van der Waals surface area (Å²) in [6.45, 7) is 7.87. The van der Waals surface area contributed by atoms with E-state index in [1.54, 1.807) is 0 Å². The van der Waals surface area contributed by atoms with Gasteiger partial charge in [0.25, 0.3) is 0 Å². The van der Waals surface area contributed by atoms with Crippen molar-refractivity contribution in [3.8, 4) is 17.1 Å². The van der Waals surface area contributed by atoms with Crippen molar-refractivity contribution in [2.45, 2.75) is 32.9 Å². The lowest BCUT2D eigenvalue weighted by Crippen LogP contribution is -2.32. The number of rotatable bonds is 7. The standard InChI is InChI=1S/C24H27N3O2S/c1-4-28-18-10-8-17(9-11-18)20-12-13-21(29-20)23-22(19-7-5-6-14-25-19)26-24(30)27(23)15-16(2)3/h5-14,16,22-23H,4,15H2,1-3H3,(H,26,30)/t22-,23+/m0/s1. The quantitative estimate of drug-likeness (QED) is 0.518. The monoisotopic (exact) mass is 421 g/mol. The van der Waals surface area contributed by atoms with Crippen LogP contribution in [-0.4, -0.2) is 28.1 Å². The van der Waals surface area contributed by atoms with Gasteiger partial charge in [-0.2, -0.15) is 0 Å². The third-order valence-corrected chi connectivity index (χ3v) is 5.48. The molecule has 0 radical (unpaired) electrons.